The lowest BCUT2D eigenvalue weighted by Gasteiger charge is -2.25. The predicted octanol–water partition coefficient (Wildman–Crippen LogP) is 5.36. The van der Waals surface area contributed by atoms with Gasteiger partial charge < -0.3 is 0 Å². The fourth-order valence-corrected chi connectivity index (χ4v) is 2.41. The molecule has 0 aliphatic heterocycles. The smallest absolute Gasteiger partial charge is 0.0175 e. The molecule has 0 spiro atoms. The topological polar surface area (TPSA) is 0 Å². The molecule has 0 fully saturated rings. The SMILES string of the molecule is CC(C)(CCc1ccccc1)c1ccc(Br)cc1. The van der Waals surface area contributed by atoms with E-state index in [1.807, 2.05) is 0 Å². The van der Waals surface area contributed by atoms with Gasteiger partial charge in [0, 0.05) is 4.47 Å². The van der Waals surface area contributed by atoms with E-state index >= 15 is 0 Å². The fraction of sp³-hybridized carbons (Fsp3) is 0.294. The van der Waals surface area contributed by atoms with Crippen LogP contribution in [0, 0.1) is 0 Å². The summed E-state index contributed by atoms with van der Waals surface area (Å²) >= 11 is 3.49. The summed E-state index contributed by atoms with van der Waals surface area (Å²) in [6, 6.07) is 19.4. The molecule has 2 aromatic carbocycles. The molecule has 0 aliphatic carbocycles. The van der Waals surface area contributed by atoms with Crippen LogP contribution in [0.3, 0.4) is 0 Å². The summed E-state index contributed by atoms with van der Waals surface area (Å²) in [5.74, 6) is 0. The largest absolute Gasteiger partial charge is 0.0622 e. The van der Waals surface area contributed by atoms with Gasteiger partial charge in [0.15, 0.2) is 0 Å². The van der Waals surface area contributed by atoms with Gasteiger partial charge in [0.25, 0.3) is 0 Å². The highest BCUT2D eigenvalue weighted by molar-refractivity contribution is 9.10. The summed E-state index contributed by atoms with van der Waals surface area (Å²) in [6.45, 7) is 4.64. The first-order valence-electron chi connectivity index (χ1n) is 6.38. The van der Waals surface area contributed by atoms with Crippen molar-refractivity contribution < 1.29 is 0 Å². The monoisotopic (exact) mass is 302 g/mol. The zero-order chi connectivity index (χ0) is 13.0. The van der Waals surface area contributed by atoms with Gasteiger partial charge in [-0.05, 0) is 41.5 Å². The summed E-state index contributed by atoms with van der Waals surface area (Å²) in [4.78, 5) is 0. The van der Waals surface area contributed by atoms with Crippen LogP contribution in [0.2, 0.25) is 0 Å². The Labute approximate surface area is 118 Å². The molecule has 0 aromatic heterocycles. The molecule has 0 radical (unpaired) electrons. The minimum Gasteiger partial charge on any atom is -0.0622 e. The van der Waals surface area contributed by atoms with Gasteiger partial charge >= 0.3 is 0 Å². The zero-order valence-electron chi connectivity index (χ0n) is 11.0. The number of rotatable bonds is 4. The van der Waals surface area contributed by atoms with Crippen LogP contribution in [0.15, 0.2) is 59.1 Å². The summed E-state index contributed by atoms with van der Waals surface area (Å²) in [5.41, 5.74) is 3.04. The van der Waals surface area contributed by atoms with Crippen molar-refractivity contribution in [2.24, 2.45) is 0 Å². The number of halogens is 1. The Hall–Kier alpha value is -1.08. The molecule has 0 heterocycles. The van der Waals surface area contributed by atoms with E-state index in [1.165, 1.54) is 17.5 Å². The molecule has 2 aromatic rings. The second kappa shape index (κ2) is 5.71. The van der Waals surface area contributed by atoms with Gasteiger partial charge in [-0.2, -0.15) is 0 Å². The van der Waals surface area contributed by atoms with E-state index in [0.717, 1.165) is 10.9 Å². The van der Waals surface area contributed by atoms with Crippen LogP contribution >= 0.6 is 15.9 Å². The van der Waals surface area contributed by atoms with E-state index in [0.29, 0.717) is 0 Å². The molecule has 0 amide bonds. The van der Waals surface area contributed by atoms with Crippen LogP contribution in [0.25, 0.3) is 0 Å². The molecule has 1 heteroatoms. The first kappa shape index (κ1) is 13.4. The van der Waals surface area contributed by atoms with Crippen LogP contribution in [0.4, 0.5) is 0 Å². The minimum absolute atomic E-state index is 0.219. The van der Waals surface area contributed by atoms with Gasteiger partial charge in [0.2, 0.25) is 0 Å². The molecule has 0 N–H and O–H groups in total. The van der Waals surface area contributed by atoms with Crippen molar-refractivity contribution in [1.82, 2.24) is 0 Å². The minimum atomic E-state index is 0.219. The second-order valence-corrected chi connectivity index (χ2v) is 6.29. The van der Waals surface area contributed by atoms with E-state index in [9.17, 15) is 0 Å². The molecule has 18 heavy (non-hydrogen) atoms. The lowest BCUT2D eigenvalue weighted by molar-refractivity contribution is 0.480. The van der Waals surface area contributed by atoms with Gasteiger partial charge in [-0.1, -0.05) is 72.2 Å². The molecule has 0 atom stereocenters. The molecule has 0 aliphatic rings. The van der Waals surface area contributed by atoms with Gasteiger partial charge in [-0.25, -0.2) is 0 Å². The van der Waals surface area contributed by atoms with E-state index in [1.54, 1.807) is 0 Å². The Morgan fingerprint density at radius 1 is 0.889 bits per heavy atom. The van der Waals surface area contributed by atoms with Gasteiger partial charge in [-0.3, -0.25) is 0 Å². The number of hydrogen-bond donors (Lipinski definition) is 0. The quantitative estimate of drug-likeness (QED) is 0.713. The van der Waals surface area contributed by atoms with Crippen molar-refractivity contribution in [3.05, 3.63) is 70.2 Å². The molecule has 0 saturated heterocycles. The van der Waals surface area contributed by atoms with Crippen LogP contribution in [-0.4, -0.2) is 0 Å². The summed E-state index contributed by atoms with van der Waals surface area (Å²) < 4.78 is 1.14. The maximum absolute atomic E-state index is 3.49. The molecular weight excluding hydrogens is 284 g/mol. The third-order valence-electron chi connectivity index (χ3n) is 3.51. The third kappa shape index (κ3) is 3.46. The maximum atomic E-state index is 3.49. The van der Waals surface area contributed by atoms with Crippen LogP contribution in [-0.2, 0) is 11.8 Å². The van der Waals surface area contributed by atoms with Crippen molar-refractivity contribution in [3.63, 3.8) is 0 Å². The Morgan fingerprint density at radius 2 is 1.50 bits per heavy atom. The molecular formula is C17H19Br. The Morgan fingerprint density at radius 3 is 2.11 bits per heavy atom. The fourth-order valence-electron chi connectivity index (χ4n) is 2.15. The van der Waals surface area contributed by atoms with Gasteiger partial charge in [0.05, 0.1) is 0 Å². The highest BCUT2D eigenvalue weighted by Crippen LogP contribution is 2.29. The molecule has 94 valence electrons. The molecule has 0 bridgehead atoms. The Bertz CT molecular complexity index is 483. The van der Waals surface area contributed by atoms with Gasteiger partial charge in [-0.15, -0.1) is 0 Å². The highest BCUT2D eigenvalue weighted by atomic mass is 79.9. The Balaban J connectivity index is 2.05. The first-order valence-corrected chi connectivity index (χ1v) is 7.17. The standard InChI is InChI=1S/C17H19Br/c1-17(2,15-8-10-16(18)11-9-15)13-12-14-6-4-3-5-7-14/h3-11H,12-13H2,1-2H3. The van der Waals surface area contributed by atoms with Crippen molar-refractivity contribution in [2.75, 3.05) is 0 Å². The lowest BCUT2D eigenvalue weighted by atomic mass is 9.80. The van der Waals surface area contributed by atoms with E-state index in [4.69, 9.17) is 0 Å². The average molecular weight is 303 g/mol. The molecule has 0 saturated carbocycles. The third-order valence-corrected chi connectivity index (χ3v) is 4.04. The Kier molecular flexibility index (Phi) is 4.23. The van der Waals surface area contributed by atoms with Crippen LogP contribution in [0.5, 0.6) is 0 Å². The average Bonchev–Trinajstić information content (AvgIpc) is 2.38. The summed E-state index contributed by atoms with van der Waals surface area (Å²) in [7, 11) is 0. The predicted molar refractivity (Wildman–Crippen MR) is 81.9 cm³/mol. The number of aryl methyl sites for hydroxylation is 1. The molecule has 0 unspecified atom stereocenters. The van der Waals surface area contributed by atoms with Crippen molar-refractivity contribution >= 4 is 15.9 Å². The van der Waals surface area contributed by atoms with Gasteiger partial charge in [0.1, 0.15) is 0 Å². The highest BCUT2D eigenvalue weighted by Gasteiger charge is 2.19. The normalized spacial score (nSPS) is 11.5. The van der Waals surface area contributed by atoms with Crippen molar-refractivity contribution in [1.29, 1.82) is 0 Å². The molecule has 0 nitrogen and oxygen atoms in total. The first-order chi connectivity index (χ1) is 8.58. The van der Waals surface area contributed by atoms with Crippen LogP contribution < -0.4 is 0 Å². The summed E-state index contributed by atoms with van der Waals surface area (Å²) in [5, 5.41) is 0. The van der Waals surface area contributed by atoms with Crippen LogP contribution in [0.1, 0.15) is 31.4 Å². The zero-order valence-corrected chi connectivity index (χ0v) is 12.6. The second-order valence-electron chi connectivity index (χ2n) is 5.38. The number of benzene rings is 2. The number of hydrogen-bond acceptors (Lipinski definition) is 0. The van der Waals surface area contributed by atoms with Crippen molar-refractivity contribution in [2.45, 2.75) is 32.1 Å². The van der Waals surface area contributed by atoms with E-state index < -0.39 is 0 Å². The maximum Gasteiger partial charge on any atom is 0.0175 e. The van der Waals surface area contributed by atoms with E-state index in [2.05, 4.69) is 84.4 Å². The van der Waals surface area contributed by atoms with Crippen molar-refractivity contribution in [3.8, 4) is 0 Å². The molecule has 2 rings (SSSR count). The van der Waals surface area contributed by atoms with E-state index in [-0.39, 0.29) is 5.41 Å². The summed E-state index contributed by atoms with van der Waals surface area (Å²) in [6.07, 6.45) is 2.29. The lowest BCUT2D eigenvalue weighted by Crippen LogP contribution is -2.18.